The van der Waals surface area contributed by atoms with Gasteiger partial charge in [0, 0.05) is 23.3 Å². The molecule has 0 spiro atoms. The molecule has 3 heterocycles. The number of hydrogen-bond donors (Lipinski definition) is 0. The van der Waals surface area contributed by atoms with Crippen LogP contribution in [0.25, 0.3) is 34.9 Å². The lowest BCUT2D eigenvalue weighted by Crippen LogP contribution is -2.41. The number of nitrogens with zero attached hydrogens (tertiary/aromatic N) is 6. The van der Waals surface area contributed by atoms with E-state index in [4.69, 9.17) is 0 Å². The van der Waals surface area contributed by atoms with Crippen LogP contribution in [-0.4, -0.2) is 29.1 Å². The molecule has 1 aliphatic carbocycles. The van der Waals surface area contributed by atoms with Crippen LogP contribution in [0.15, 0.2) is 72.0 Å². The van der Waals surface area contributed by atoms with Crippen LogP contribution >= 0.6 is 0 Å². The summed E-state index contributed by atoms with van der Waals surface area (Å²) in [7, 11) is 0. The molecule has 0 radical (unpaired) electrons. The van der Waals surface area contributed by atoms with E-state index in [2.05, 4.69) is 27.3 Å². The number of hydrogen-bond acceptors (Lipinski definition) is 4. The Morgan fingerprint density at radius 2 is 1.76 bits per heavy atom. The first-order valence-electron chi connectivity index (χ1n) is 10.7. The summed E-state index contributed by atoms with van der Waals surface area (Å²) in [5.74, 6) is -0.502. The van der Waals surface area contributed by atoms with E-state index in [0.29, 0.717) is 12.2 Å². The average Bonchev–Trinajstić information content (AvgIpc) is 3.49. The van der Waals surface area contributed by atoms with E-state index in [0.717, 1.165) is 39.3 Å². The Bertz CT molecular complexity index is 1610. The van der Waals surface area contributed by atoms with Gasteiger partial charge >= 0.3 is 5.56 Å². The quantitative estimate of drug-likeness (QED) is 0.432. The summed E-state index contributed by atoms with van der Waals surface area (Å²) < 4.78 is 19.3. The second-order valence-electron chi connectivity index (χ2n) is 7.94. The van der Waals surface area contributed by atoms with E-state index in [1.165, 1.54) is 6.07 Å². The molecule has 3 aliphatic rings. The SMILES string of the molecule is O=c1c2nn(Cc3ccc(-n4ccnc4)cc3)c3c(c-2nn1-c1ccccc1F)=CCCC=3. The third-order valence-corrected chi connectivity index (χ3v) is 5.85. The first kappa shape index (κ1) is 19.4. The highest BCUT2D eigenvalue weighted by Crippen LogP contribution is 2.15. The first-order valence-corrected chi connectivity index (χ1v) is 10.7. The molecule has 0 saturated carbocycles. The predicted molar refractivity (Wildman–Crippen MR) is 122 cm³/mol. The van der Waals surface area contributed by atoms with Gasteiger partial charge in [-0.25, -0.2) is 9.37 Å². The smallest absolute Gasteiger partial charge is 0.301 e. The zero-order valence-electron chi connectivity index (χ0n) is 17.6. The molecule has 8 heteroatoms. The maximum atomic E-state index is 14.4. The average molecular weight is 438 g/mol. The number of imidazole rings is 1. The molecule has 1 aromatic heterocycles. The van der Waals surface area contributed by atoms with Gasteiger partial charge in [-0.3, -0.25) is 9.48 Å². The van der Waals surface area contributed by atoms with Crippen molar-refractivity contribution in [3.05, 3.63) is 99.6 Å². The van der Waals surface area contributed by atoms with Gasteiger partial charge in [0.2, 0.25) is 0 Å². The second-order valence-corrected chi connectivity index (χ2v) is 7.94. The lowest BCUT2D eigenvalue weighted by Gasteiger charge is -2.13. The fourth-order valence-electron chi connectivity index (χ4n) is 4.23. The number of benzene rings is 2. The van der Waals surface area contributed by atoms with Crippen LogP contribution in [0.3, 0.4) is 0 Å². The van der Waals surface area contributed by atoms with Crippen LogP contribution in [0.5, 0.6) is 0 Å². The van der Waals surface area contributed by atoms with E-state index in [1.807, 2.05) is 39.7 Å². The van der Waals surface area contributed by atoms with Gasteiger partial charge in [-0.05, 0) is 42.7 Å². The van der Waals surface area contributed by atoms with E-state index in [-0.39, 0.29) is 11.4 Å². The molecule has 3 aromatic rings. The van der Waals surface area contributed by atoms with E-state index in [9.17, 15) is 9.18 Å². The van der Waals surface area contributed by atoms with Gasteiger partial charge in [-0.1, -0.05) is 36.4 Å². The van der Waals surface area contributed by atoms with Crippen molar-refractivity contribution in [2.45, 2.75) is 19.4 Å². The summed E-state index contributed by atoms with van der Waals surface area (Å²) in [6, 6.07) is 14.2. The monoisotopic (exact) mass is 438 g/mol. The fraction of sp³-hybridized carbons (Fsp3) is 0.120. The Morgan fingerprint density at radius 1 is 0.939 bits per heavy atom. The molecule has 0 unspecified atom stereocenters. The zero-order chi connectivity index (χ0) is 22.4. The Balaban J connectivity index is 1.48. The maximum Gasteiger partial charge on any atom is 0.301 e. The van der Waals surface area contributed by atoms with Gasteiger partial charge in [0.15, 0.2) is 5.69 Å². The second kappa shape index (κ2) is 7.67. The lowest BCUT2D eigenvalue weighted by molar-refractivity contribution is 0.609. The van der Waals surface area contributed by atoms with Crippen LogP contribution in [0.1, 0.15) is 18.4 Å². The van der Waals surface area contributed by atoms with Crippen molar-refractivity contribution in [3.8, 4) is 22.8 Å². The van der Waals surface area contributed by atoms with E-state index >= 15 is 0 Å². The van der Waals surface area contributed by atoms with Crippen molar-refractivity contribution in [2.24, 2.45) is 0 Å². The van der Waals surface area contributed by atoms with Crippen molar-refractivity contribution in [3.63, 3.8) is 0 Å². The van der Waals surface area contributed by atoms with Crippen molar-refractivity contribution in [1.82, 2.24) is 29.1 Å². The van der Waals surface area contributed by atoms with Gasteiger partial charge < -0.3 is 4.57 Å². The van der Waals surface area contributed by atoms with Crippen molar-refractivity contribution in [1.29, 1.82) is 0 Å². The molecule has 162 valence electrons. The van der Waals surface area contributed by atoms with Gasteiger partial charge in [-0.15, -0.1) is 0 Å². The van der Waals surface area contributed by atoms with Gasteiger partial charge in [0.25, 0.3) is 0 Å². The Labute approximate surface area is 187 Å². The number of halogens is 1. The Morgan fingerprint density at radius 3 is 2.55 bits per heavy atom. The minimum Gasteiger partial charge on any atom is -0.306 e. The summed E-state index contributed by atoms with van der Waals surface area (Å²) >= 11 is 0. The third-order valence-electron chi connectivity index (χ3n) is 5.85. The highest BCUT2D eigenvalue weighted by molar-refractivity contribution is 5.59. The van der Waals surface area contributed by atoms with E-state index in [1.54, 1.807) is 30.7 Å². The molecule has 0 N–H and O–H groups in total. The summed E-state index contributed by atoms with van der Waals surface area (Å²) in [5.41, 5.74) is 2.49. The number of fused-ring (bicyclic) bond motifs is 3. The molecule has 6 rings (SSSR count). The third kappa shape index (κ3) is 3.27. The molecule has 0 saturated heterocycles. The summed E-state index contributed by atoms with van der Waals surface area (Å²) in [6.07, 6.45) is 11.3. The lowest BCUT2D eigenvalue weighted by atomic mass is 10.1. The number of para-hydroxylation sites is 1. The predicted octanol–water partition coefficient (Wildman–Crippen LogP) is 2.26. The number of aromatic nitrogens is 6. The van der Waals surface area contributed by atoms with Crippen molar-refractivity contribution >= 4 is 12.2 Å². The molecule has 0 atom stereocenters. The van der Waals surface area contributed by atoms with Crippen LogP contribution in [-0.2, 0) is 6.54 Å². The molecule has 33 heavy (non-hydrogen) atoms. The van der Waals surface area contributed by atoms with Gasteiger partial charge in [0.05, 0.1) is 18.2 Å². The zero-order valence-corrected chi connectivity index (χ0v) is 17.6. The molecule has 2 aliphatic heterocycles. The topological polar surface area (TPSA) is 70.5 Å². The fourth-order valence-corrected chi connectivity index (χ4v) is 4.23. The van der Waals surface area contributed by atoms with E-state index < -0.39 is 11.4 Å². The van der Waals surface area contributed by atoms with Crippen LogP contribution < -0.4 is 16.1 Å². The van der Waals surface area contributed by atoms with Crippen LogP contribution in [0, 0.1) is 5.82 Å². The number of rotatable bonds is 4. The first-order chi connectivity index (χ1) is 16.2. The minimum atomic E-state index is -0.502. The summed E-state index contributed by atoms with van der Waals surface area (Å²) in [6.45, 7) is 0.497. The normalized spacial score (nSPS) is 12.9. The van der Waals surface area contributed by atoms with Crippen LogP contribution in [0.2, 0.25) is 0 Å². The molecule has 7 nitrogen and oxygen atoms in total. The largest absolute Gasteiger partial charge is 0.306 e. The maximum absolute atomic E-state index is 14.4. The van der Waals surface area contributed by atoms with Crippen molar-refractivity contribution < 1.29 is 4.39 Å². The van der Waals surface area contributed by atoms with Gasteiger partial charge in [-0.2, -0.15) is 14.9 Å². The Kier molecular flexibility index (Phi) is 4.50. The van der Waals surface area contributed by atoms with Crippen molar-refractivity contribution in [2.75, 3.05) is 0 Å². The summed E-state index contributed by atoms with van der Waals surface area (Å²) in [4.78, 5) is 17.3. The minimum absolute atomic E-state index is 0.121. The Hall–Kier alpha value is -4.33. The van der Waals surface area contributed by atoms with Gasteiger partial charge in [0.1, 0.15) is 17.2 Å². The molecule has 0 fully saturated rings. The molecule has 2 aromatic carbocycles. The molecular formula is C25H19FN6O. The molecular weight excluding hydrogens is 419 g/mol. The van der Waals surface area contributed by atoms with Crippen LogP contribution in [0.4, 0.5) is 4.39 Å². The highest BCUT2D eigenvalue weighted by Gasteiger charge is 2.23. The standard InChI is InChI=1S/C25H19FN6O/c26-20-6-2-4-8-22(20)32-25(33)24-23(29-32)19-5-1-3-7-21(19)31(28-24)15-17-9-11-18(12-10-17)30-14-13-27-16-30/h2,4-14,16H,1,3,15H2. The molecule has 0 bridgehead atoms. The summed E-state index contributed by atoms with van der Waals surface area (Å²) in [5, 5.41) is 10.9. The highest BCUT2D eigenvalue weighted by atomic mass is 19.1. The molecule has 0 amide bonds.